The topological polar surface area (TPSA) is 20.6 Å². The van der Waals surface area contributed by atoms with Gasteiger partial charge in [0.2, 0.25) is 0 Å². The summed E-state index contributed by atoms with van der Waals surface area (Å²) >= 11 is 0. The molecule has 0 amide bonds. The number of hydrogen-bond acceptors (Lipinski definition) is 2. The van der Waals surface area contributed by atoms with Gasteiger partial charge >= 0.3 is 5.71 Å². The molecule has 3 rings (SSSR count). The summed E-state index contributed by atoms with van der Waals surface area (Å²) in [7, 11) is 8.22. The summed E-state index contributed by atoms with van der Waals surface area (Å²) in [5, 5.41) is 0. The van der Waals surface area contributed by atoms with Crippen LogP contribution in [-0.4, -0.2) is 40.6 Å². The van der Waals surface area contributed by atoms with Crippen LogP contribution >= 0.6 is 0 Å². The lowest BCUT2D eigenvalue weighted by molar-refractivity contribution is 1.13. The maximum atomic E-state index is 4.01. The van der Waals surface area contributed by atoms with Crippen molar-refractivity contribution in [2.24, 2.45) is 0 Å². The summed E-state index contributed by atoms with van der Waals surface area (Å²) in [6, 6.07) is 17.4. The Labute approximate surface area is 162 Å². The maximum absolute atomic E-state index is 4.01. The van der Waals surface area contributed by atoms with E-state index >= 15 is 0 Å². The monoisotopic (exact) mass is 356 g/mol. The fraction of sp³-hybridized carbons (Fsp3) is 0.167. The average Bonchev–Trinajstić information content (AvgIpc) is 2.69. The Morgan fingerprint density at radius 2 is 1.07 bits per heavy atom. The van der Waals surface area contributed by atoms with E-state index in [-0.39, 0.29) is 0 Å². The molecule has 2 aromatic carbocycles. The molecular weight excluding hydrogens is 330 g/mol. The Hall–Kier alpha value is -3.29. The summed E-state index contributed by atoms with van der Waals surface area (Å²) in [5.41, 5.74) is 8.01. The predicted molar refractivity (Wildman–Crippen MR) is 120 cm³/mol. The second-order valence-electron chi connectivity index (χ2n) is 6.96. The van der Waals surface area contributed by atoms with Crippen molar-refractivity contribution in [3.63, 3.8) is 0 Å². The molecule has 0 saturated carbocycles. The minimum Gasteiger partial charge on any atom is -0.378 e. The van der Waals surface area contributed by atoms with Crippen LogP contribution in [0.5, 0.6) is 0 Å². The van der Waals surface area contributed by atoms with Crippen LogP contribution in [-0.2, 0) is 0 Å². The Bertz CT molecular complexity index is 878. The first-order valence-corrected chi connectivity index (χ1v) is 8.99. The van der Waals surface area contributed by atoms with Crippen molar-refractivity contribution in [1.82, 2.24) is 4.67 Å². The second-order valence-corrected chi connectivity index (χ2v) is 6.96. The van der Waals surface area contributed by atoms with Gasteiger partial charge in [0.15, 0.2) is 0 Å². The van der Waals surface area contributed by atoms with Crippen LogP contribution in [0.4, 0.5) is 11.4 Å². The third-order valence-electron chi connectivity index (χ3n) is 4.68. The standard InChI is InChI=1S/C24H26N3/c1-25-21-12-6-18(7-13-21)24(19-8-14-22(15-9-19)26(2)3)20-10-16-23(17-11-20)27(4)5/h6-17H,1H2,2-5H3/q+1. The van der Waals surface area contributed by atoms with E-state index in [0.29, 0.717) is 0 Å². The SMILES string of the molecule is C=[N+]=C1C=CC(=C(c2ccc(N(C)C)cc2)c2ccc(N(C)C)cc2)C=C1. The fourth-order valence-electron chi connectivity index (χ4n) is 3.09. The van der Waals surface area contributed by atoms with E-state index < -0.39 is 0 Å². The van der Waals surface area contributed by atoms with Crippen LogP contribution < -0.4 is 14.5 Å². The van der Waals surface area contributed by atoms with Crippen molar-refractivity contribution in [1.29, 1.82) is 0 Å². The second kappa shape index (κ2) is 7.94. The number of rotatable bonds is 4. The fourth-order valence-corrected chi connectivity index (χ4v) is 3.09. The Morgan fingerprint density at radius 1 is 0.667 bits per heavy atom. The van der Waals surface area contributed by atoms with Crippen LogP contribution in [0.2, 0.25) is 0 Å². The molecule has 0 bridgehead atoms. The largest absolute Gasteiger partial charge is 0.378 e. The van der Waals surface area contributed by atoms with Crippen LogP contribution in [0.1, 0.15) is 11.1 Å². The van der Waals surface area contributed by atoms with Gasteiger partial charge < -0.3 is 9.80 Å². The molecule has 1 aliphatic carbocycles. The first-order chi connectivity index (χ1) is 13.0. The smallest absolute Gasteiger partial charge is 0.326 e. The number of benzene rings is 2. The Balaban J connectivity index is 2.12. The third-order valence-corrected chi connectivity index (χ3v) is 4.68. The van der Waals surface area contributed by atoms with Crippen molar-refractivity contribution in [2.45, 2.75) is 0 Å². The molecule has 0 aromatic heterocycles. The van der Waals surface area contributed by atoms with Crippen molar-refractivity contribution >= 4 is 29.4 Å². The Kier molecular flexibility index (Phi) is 5.44. The molecule has 3 heteroatoms. The number of anilines is 2. The van der Waals surface area contributed by atoms with Gasteiger partial charge in [0, 0.05) is 51.7 Å². The van der Waals surface area contributed by atoms with E-state index in [1.54, 1.807) is 0 Å². The summed E-state index contributed by atoms with van der Waals surface area (Å²) in [6.07, 6.45) is 8.23. The Morgan fingerprint density at radius 3 is 1.41 bits per heavy atom. The van der Waals surface area contributed by atoms with Crippen molar-refractivity contribution in [3.05, 3.63) is 89.5 Å². The summed E-state index contributed by atoms with van der Waals surface area (Å²) in [6.45, 7) is 3.61. The van der Waals surface area contributed by atoms with Gasteiger partial charge in [0.25, 0.3) is 6.72 Å². The van der Waals surface area contributed by atoms with Gasteiger partial charge in [-0.05, 0) is 58.7 Å². The molecule has 0 unspecified atom stereocenters. The highest BCUT2D eigenvalue weighted by molar-refractivity contribution is 6.06. The normalized spacial score (nSPS) is 12.7. The van der Waals surface area contributed by atoms with Crippen molar-refractivity contribution in [3.8, 4) is 0 Å². The zero-order valence-electron chi connectivity index (χ0n) is 16.5. The highest BCUT2D eigenvalue weighted by Crippen LogP contribution is 2.31. The first-order valence-electron chi connectivity index (χ1n) is 8.99. The van der Waals surface area contributed by atoms with E-state index in [1.807, 2.05) is 12.2 Å². The average molecular weight is 356 g/mol. The first kappa shape index (κ1) is 18.5. The zero-order chi connectivity index (χ0) is 19.4. The molecule has 1 aliphatic rings. The lowest BCUT2D eigenvalue weighted by atomic mass is 9.90. The molecule has 0 N–H and O–H groups in total. The van der Waals surface area contributed by atoms with Gasteiger partial charge in [-0.2, -0.15) is 0 Å². The molecule has 0 atom stereocenters. The molecule has 0 saturated heterocycles. The maximum Gasteiger partial charge on any atom is 0.326 e. The third kappa shape index (κ3) is 4.11. The highest BCUT2D eigenvalue weighted by atomic mass is 15.1. The number of nitrogens with zero attached hydrogens (tertiary/aromatic N) is 3. The van der Waals surface area contributed by atoms with Gasteiger partial charge in [-0.3, -0.25) is 0 Å². The molecular formula is C24H26N3+. The van der Waals surface area contributed by atoms with Gasteiger partial charge in [-0.25, -0.2) is 0 Å². The summed E-state index contributed by atoms with van der Waals surface area (Å²) in [4.78, 5) is 4.22. The van der Waals surface area contributed by atoms with E-state index in [9.17, 15) is 0 Å². The van der Waals surface area contributed by atoms with Gasteiger partial charge in [-0.15, -0.1) is 4.67 Å². The van der Waals surface area contributed by atoms with E-state index in [0.717, 1.165) is 11.3 Å². The van der Waals surface area contributed by atoms with Crippen LogP contribution in [0.25, 0.3) is 5.57 Å². The van der Waals surface area contributed by atoms with E-state index in [1.165, 1.54) is 28.1 Å². The summed E-state index contributed by atoms with van der Waals surface area (Å²) in [5.74, 6) is 0. The molecule has 0 fully saturated rings. The van der Waals surface area contributed by atoms with Gasteiger partial charge in [0.05, 0.1) is 0 Å². The van der Waals surface area contributed by atoms with Crippen LogP contribution in [0.3, 0.4) is 0 Å². The lowest BCUT2D eigenvalue weighted by Gasteiger charge is -2.17. The van der Waals surface area contributed by atoms with Crippen molar-refractivity contribution < 1.29 is 0 Å². The molecule has 136 valence electrons. The zero-order valence-corrected chi connectivity index (χ0v) is 16.5. The minimum absolute atomic E-state index is 0.879. The van der Waals surface area contributed by atoms with E-state index in [4.69, 9.17) is 0 Å². The number of hydrogen-bond donors (Lipinski definition) is 0. The number of allylic oxidation sites excluding steroid dienone is 5. The van der Waals surface area contributed by atoms with Crippen molar-refractivity contribution in [2.75, 3.05) is 38.0 Å². The molecule has 0 radical (unpaired) electrons. The molecule has 0 spiro atoms. The molecule has 27 heavy (non-hydrogen) atoms. The molecule has 0 aliphatic heterocycles. The molecule has 2 aromatic rings. The van der Waals surface area contributed by atoms with Crippen LogP contribution in [0, 0.1) is 0 Å². The minimum atomic E-state index is 0.879. The van der Waals surface area contributed by atoms with Crippen LogP contribution in [0.15, 0.2) is 78.4 Å². The predicted octanol–water partition coefficient (Wildman–Crippen LogP) is 3.96. The highest BCUT2D eigenvalue weighted by Gasteiger charge is 2.13. The molecule has 0 heterocycles. The van der Waals surface area contributed by atoms with Gasteiger partial charge in [-0.1, -0.05) is 24.3 Å². The van der Waals surface area contributed by atoms with Gasteiger partial charge in [0.1, 0.15) is 0 Å². The lowest BCUT2D eigenvalue weighted by Crippen LogP contribution is -2.09. The molecule has 3 nitrogen and oxygen atoms in total. The van der Waals surface area contributed by atoms with E-state index in [2.05, 4.69) is 110 Å². The summed E-state index contributed by atoms with van der Waals surface area (Å²) < 4.78 is 4.01. The quantitative estimate of drug-likeness (QED) is 0.611.